The van der Waals surface area contributed by atoms with E-state index in [0.717, 1.165) is 16.2 Å². The summed E-state index contributed by atoms with van der Waals surface area (Å²) < 4.78 is 26.6. The Bertz CT molecular complexity index is 931. The zero-order valence-electron chi connectivity index (χ0n) is 13.1. The van der Waals surface area contributed by atoms with E-state index in [2.05, 4.69) is 5.32 Å². The van der Waals surface area contributed by atoms with Crippen LogP contribution in [0.3, 0.4) is 0 Å². The predicted octanol–water partition coefficient (Wildman–Crippen LogP) is 3.41. The maximum atomic E-state index is 12.5. The molecule has 0 unspecified atom stereocenters. The van der Waals surface area contributed by atoms with Crippen LogP contribution in [0.1, 0.15) is 15.2 Å². The van der Waals surface area contributed by atoms with Crippen molar-refractivity contribution in [3.63, 3.8) is 0 Å². The number of allylic oxidation sites excluding steroid dienone is 2. The van der Waals surface area contributed by atoms with Crippen molar-refractivity contribution in [1.29, 1.82) is 0 Å². The van der Waals surface area contributed by atoms with Crippen LogP contribution in [-0.2, 0) is 16.6 Å². The largest absolute Gasteiger partial charge is 0.347 e. The molecular weight excluding hydrogens is 380 g/mol. The SMILES string of the molecule is O=C(NCc1ccc(S(=O)(=O)N2C=CC=CC2)s1)c1ccc(Cl)cc1. The zero-order valence-corrected chi connectivity index (χ0v) is 15.4. The van der Waals surface area contributed by atoms with Crippen molar-refractivity contribution in [2.45, 2.75) is 10.8 Å². The van der Waals surface area contributed by atoms with Crippen LogP contribution in [0.2, 0.25) is 5.02 Å². The minimum Gasteiger partial charge on any atom is -0.347 e. The summed E-state index contributed by atoms with van der Waals surface area (Å²) in [6.07, 6.45) is 6.80. The molecule has 25 heavy (non-hydrogen) atoms. The van der Waals surface area contributed by atoms with Crippen LogP contribution in [0.15, 0.2) is 65.0 Å². The Morgan fingerprint density at radius 3 is 2.60 bits per heavy atom. The van der Waals surface area contributed by atoms with Crippen LogP contribution in [-0.4, -0.2) is 25.2 Å². The summed E-state index contributed by atoms with van der Waals surface area (Å²) in [5, 5.41) is 3.34. The van der Waals surface area contributed by atoms with Crippen molar-refractivity contribution in [2.75, 3.05) is 6.54 Å². The number of amides is 1. The first-order valence-electron chi connectivity index (χ1n) is 7.44. The third kappa shape index (κ3) is 4.12. The van der Waals surface area contributed by atoms with E-state index in [1.54, 1.807) is 54.6 Å². The van der Waals surface area contributed by atoms with Gasteiger partial charge >= 0.3 is 0 Å². The highest BCUT2D eigenvalue weighted by molar-refractivity contribution is 7.91. The summed E-state index contributed by atoms with van der Waals surface area (Å²) in [7, 11) is -3.55. The Morgan fingerprint density at radius 1 is 1.16 bits per heavy atom. The molecule has 5 nitrogen and oxygen atoms in total. The first kappa shape index (κ1) is 17.7. The lowest BCUT2D eigenvalue weighted by molar-refractivity contribution is 0.0951. The van der Waals surface area contributed by atoms with E-state index < -0.39 is 10.0 Å². The second-order valence-corrected chi connectivity index (χ2v) is 8.98. The van der Waals surface area contributed by atoms with Gasteiger partial charge in [0.2, 0.25) is 0 Å². The van der Waals surface area contributed by atoms with Crippen molar-refractivity contribution in [1.82, 2.24) is 9.62 Å². The normalized spacial score (nSPS) is 13.9. The quantitative estimate of drug-likeness (QED) is 0.845. The molecule has 2 heterocycles. The van der Waals surface area contributed by atoms with E-state index in [9.17, 15) is 13.2 Å². The molecule has 1 aromatic carbocycles. The van der Waals surface area contributed by atoms with E-state index >= 15 is 0 Å². The fraction of sp³-hybridized carbons (Fsp3) is 0.118. The van der Waals surface area contributed by atoms with Crippen molar-refractivity contribution >= 4 is 38.9 Å². The number of sulfonamides is 1. The second-order valence-electron chi connectivity index (χ2n) is 5.25. The number of carbonyl (C=O) groups is 1. The molecule has 3 rings (SSSR count). The molecule has 8 heteroatoms. The number of nitrogens with zero attached hydrogens (tertiary/aromatic N) is 1. The van der Waals surface area contributed by atoms with Gasteiger partial charge in [-0.15, -0.1) is 11.3 Å². The molecule has 1 amide bonds. The fourth-order valence-corrected chi connectivity index (χ4v) is 5.02. The lowest BCUT2D eigenvalue weighted by atomic mass is 10.2. The average molecular weight is 395 g/mol. The molecule has 2 aromatic rings. The van der Waals surface area contributed by atoms with Crippen molar-refractivity contribution in [3.8, 4) is 0 Å². The Kier molecular flexibility index (Phi) is 5.27. The number of hydrogen-bond acceptors (Lipinski definition) is 4. The van der Waals surface area contributed by atoms with E-state index in [4.69, 9.17) is 11.6 Å². The van der Waals surface area contributed by atoms with Crippen LogP contribution < -0.4 is 5.32 Å². The summed E-state index contributed by atoms with van der Waals surface area (Å²) in [6, 6.07) is 9.84. The summed E-state index contributed by atoms with van der Waals surface area (Å²) >= 11 is 6.95. The van der Waals surface area contributed by atoms with Crippen molar-refractivity contribution in [3.05, 3.63) is 76.3 Å². The predicted molar refractivity (Wildman–Crippen MR) is 99.1 cm³/mol. The molecule has 0 fully saturated rings. The van der Waals surface area contributed by atoms with Gasteiger partial charge in [0.1, 0.15) is 4.21 Å². The first-order chi connectivity index (χ1) is 12.0. The molecule has 1 aliphatic rings. The Morgan fingerprint density at radius 2 is 1.92 bits per heavy atom. The fourth-order valence-electron chi connectivity index (χ4n) is 2.21. The van der Waals surface area contributed by atoms with Crippen LogP contribution in [0.25, 0.3) is 0 Å². The molecule has 1 aliphatic heterocycles. The van der Waals surface area contributed by atoms with Gasteiger partial charge < -0.3 is 5.32 Å². The van der Waals surface area contributed by atoms with Crippen molar-refractivity contribution < 1.29 is 13.2 Å². The third-order valence-corrected chi connectivity index (χ3v) is 7.06. The van der Waals surface area contributed by atoms with Crippen LogP contribution in [0, 0.1) is 0 Å². The summed E-state index contributed by atoms with van der Waals surface area (Å²) in [4.78, 5) is 12.8. The van der Waals surface area contributed by atoms with Gasteiger partial charge in [-0.1, -0.05) is 23.8 Å². The highest BCUT2D eigenvalue weighted by Gasteiger charge is 2.23. The van der Waals surface area contributed by atoms with Gasteiger partial charge in [0.25, 0.3) is 15.9 Å². The van der Waals surface area contributed by atoms with Gasteiger partial charge in [-0.25, -0.2) is 8.42 Å². The topological polar surface area (TPSA) is 66.5 Å². The minimum atomic E-state index is -3.55. The monoisotopic (exact) mass is 394 g/mol. The highest BCUT2D eigenvalue weighted by Crippen LogP contribution is 2.26. The van der Waals surface area contributed by atoms with E-state index in [0.29, 0.717) is 17.1 Å². The van der Waals surface area contributed by atoms with Crippen molar-refractivity contribution in [2.24, 2.45) is 0 Å². The molecule has 1 N–H and O–H groups in total. The van der Waals surface area contributed by atoms with Gasteiger partial charge in [-0.05, 0) is 42.5 Å². The summed E-state index contributed by atoms with van der Waals surface area (Å²) in [6.45, 7) is 0.580. The van der Waals surface area contributed by atoms with Gasteiger partial charge in [0, 0.05) is 21.7 Å². The second kappa shape index (κ2) is 7.43. The van der Waals surface area contributed by atoms with Gasteiger partial charge in [-0.3, -0.25) is 9.10 Å². The number of rotatable bonds is 5. The lowest BCUT2D eigenvalue weighted by Crippen LogP contribution is -2.26. The Balaban J connectivity index is 1.65. The Labute approximate surface area is 155 Å². The van der Waals surface area contributed by atoms with Crippen LogP contribution in [0.4, 0.5) is 0 Å². The third-order valence-electron chi connectivity index (χ3n) is 3.51. The van der Waals surface area contributed by atoms with Gasteiger partial charge in [0.15, 0.2) is 0 Å². The molecule has 1 aromatic heterocycles. The zero-order chi connectivity index (χ0) is 17.9. The molecule has 0 atom stereocenters. The maximum Gasteiger partial charge on any atom is 0.273 e. The Hall–Kier alpha value is -2.09. The lowest BCUT2D eigenvalue weighted by Gasteiger charge is -2.19. The van der Waals surface area contributed by atoms with E-state index in [1.165, 1.54) is 10.5 Å². The number of hydrogen-bond donors (Lipinski definition) is 1. The van der Waals surface area contributed by atoms with Crippen LogP contribution >= 0.6 is 22.9 Å². The molecule has 0 saturated heterocycles. The number of thiophene rings is 1. The van der Waals surface area contributed by atoms with Gasteiger partial charge in [0.05, 0.1) is 13.1 Å². The molecule has 0 saturated carbocycles. The van der Waals surface area contributed by atoms with Crippen LogP contribution in [0.5, 0.6) is 0 Å². The highest BCUT2D eigenvalue weighted by atomic mass is 35.5. The number of benzene rings is 1. The number of halogens is 1. The minimum absolute atomic E-state index is 0.237. The first-order valence-corrected chi connectivity index (χ1v) is 10.1. The van der Waals surface area contributed by atoms with E-state index in [1.807, 2.05) is 0 Å². The number of carbonyl (C=O) groups excluding carboxylic acids is 1. The van der Waals surface area contributed by atoms with E-state index in [-0.39, 0.29) is 16.7 Å². The molecule has 130 valence electrons. The number of nitrogens with one attached hydrogen (secondary N) is 1. The standard InChI is InChI=1S/C17H15ClN2O3S2/c18-14-6-4-13(5-7-14)17(21)19-12-15-8-9-16(24-15)25(22,23)20-10-2-1-3-11-20/h1-10H,11-12H2,(H,19,21). The molecule has 0 aliphatic carbocycles. The molecule has 0 radical (unpaired) electrons. The van der Waals surface area contributed by atoms with Gasteiger partial charge in [-0.2, -0.15) is 0 Å². The molecule has 0 spiro atoms. The summed E-state index contributed by atoms with van der Waals surface area (Å²) in [5.74, 6) is -0.237. The molecule has 0 bridgehead atoms. The summed E-state index contributed by atoms with van der Waals surface area (Å²) in [5.41, 5.74) is 0.499. The average Bonchev–Trinajstić information content (AvgIpc) is 3.11. The molecular formula is C17H15ClN2O3S2. The maximum absolute atomic E-state index is 12.5. The smallest absolute Gasteiger partial charge is 0.273 e.